The van der Waals surface area contributed by atoms with E-state index in [4.69, 9.17) is 5.14 Å². The predicted octanol–water partition coefficient (Wildman–Crippen LogP) is 0.436. The average molecular weight is 314 g/mol. The number of nitrogens with two attached hydrogens (primary N) is 1. The lowest BCUT2D eigenvalue weighted by Crippen LogP contribution is -2.37. The summed E-state index contributed by atoms with van der Waals surface area (Å²) in [4.78, 5) is 11.2. The van der Waals surface area contributed by atoms with Gasteiger partial charge in [0.25, 0.3) is 5.91 Å². The summed E-state index contributed by atoms with van der Waals surface area (Å²) in [6, 6.07) is -1.23. The number of nitrogens with one attached hydrogen (secondary N) is 2. The summed E-state index contributed by atoms with van der Waals surface area (Å²) in [7, 11) is -4.21. The van der Waals surface area contributed by atoms with Gasteiger partial charge in [-0.25, -0.2) is 13.6 Å². The molecular weight excluding hydrogens is 301 g/mol. The van der Waals surface area contributed by atoms with Crippen molar-refractivity contribution in [2.75, 3.05) is 0 Å². The monoisotopic (exact) mass is 314 g/mol. The minimum atomic E-state index is -4.45. The SMILES string of the molecule is Cc1[nH]nc(C(=O)NC(C)CC(F)(F)F)c1S(N)(=O)=O. The molecule has 1 unspecified atom stereocenters. The van der Waals surface area contributed by atoms with Gasteiger partial charge in [-0.3, -0.25) is 9.89 Å². The second-order valence-electron chi connectivity index (χ2n) is 4.27. The minimum absolute atomic E-state index is 0.0288. The summed E-state index contributed by atoms with van der Waals surface area (Å²) in [5, 5.41) is 12.7. The van der Waals surface area contributed by atoms with Gasteiger partial charge in [0.05, 0.1) is 12.1 Å². The zero-order valence-corrected chi connectivity index (χ0v) is 11.4. The van der Waals surface area contributed by atoms with Crippen LogP contribution in [-0.4, -0.2) is 36.7 Å². The summed E-state index contributed by atoms with van der Waals surface area (Å²) >= 11 is 0. The van der Waals surface area contributed by atoms with E-state index in [2.05, 4.69) is 10.2 Å². The molecule has 1 atom stereocenters. The Morgan fingerprint density at radius 3 is 2.50 bits per heavy atom. The van der Waals surface area contributed by atoms with Gasteiger partial charge in [-0.05, 0) is 13.8 Å². The van der Waals surface area contributed by atoms with Gasteiger partial charge < -0.3 is 5.32 Å². The first kappa shape index (κ1) is 16.4. The molecule has 1 amide bonds. The van der Waals surface area contributed by atoms with E-state index >= 15 is 0 Å². The first-order valence-corrected chi connectivity index (χ1v) is 6.92. The molecule has 0 aromatic carbocycles. The van der Waals surface area contributed by atoms with Crippen molar-refractivity contribution in [3.8, 4) is 0 Å². The number of amides is 1. The number of carbonyl (C=O) groups excluding carboxylic acids is 1. The highest BCUT2D eigenvalue weighted by atomic mass is 32.2. The maximum absolute atomic E-state index is 12.1. The van der Waals surface area contributed by atoms with Crippen LogP contribution in [0.2, 0.25) is 0 Å². The third kappa shape index (κ3) is 4.20. The van der Waals surface area contributed by atoms with Crippen molar-refractivity contribution >= 4 is 15.9 Å². The number of alkyl halides is 3. The van der Waals surface area contributed by atoms with Gasteiger partial charge in [0.15, 0.2) is 5.69 Å². The predicted molar refractivity (Wildman–Crippen MR) is 62.3 cm³/mol. The number of nitrogens with zero attached hydrogens (tertiary/aromatic N) is 1. The van der Waals surface area contributed by atoms with E-state index in [9.17, 15) is 26.4 Å². The number of primary sulfonamides is 1. The smallest absolute Gasteiger partial charge is 0.348 e. The van der Waals surface area contributed by atoms with Gasteiger partial charge in [0, 0.05) is 6.04 Å². The molecule has 0 fully saturated rings. The summed E-state index contributed by atoms with van der Waals surface area (Å²) in [6.07, 6.45) is -5.69. The summed E-state index contributed by atoms with van der Waals surface area (Å²) in [6.45, 7) is 2.46. The Morgan fingerprint density at radius 1 is 1.50 bits per heavy atom. The highest BCUT2D eigenvalue weighted by Crippen LogP contribution is 2.22. The topological polar surface area (TPSA) is 118 Å². The van der Waals surface area contributed by atoms with Gasteiger partial charge >= 0.3 is 6.18 Å². The van der Waals surface area contributed by atoms with Crippen molar-refractivity contribution < 1.29 is 26.4 Å². The molecule has 1 aromatic heterocycles. The standard InChI is InChI=1S/C9H13F3N4O3S/c1-4(3-9(10,11)12)14-8(17)6-7(20(13,18)19)5(2)15-16-6/h4H,3H2,1-2H3,(H,14,17)(H,15,16)(H2,13,18,19). The first-order chi connectivity index (χ1) is 8.92. The zero-order chi connectivity index (χ0) is 15.7. The van der Waals surface area contributed by atoms with Gasteiger partial charge in [-0.2, -0.15) is 18.3 Å². The number of aromatic amines is 1. The van der Waals surface area contributed by atoms with E-state index in [1.807, 2.05) is 5.32 Å². The molecule has 0 saturated carbocycles. The Labute approximate surface area is 112 Å². The molecule has 0 saturated heterocycles. The molecule has 114 valence electrons. The molecule has 0 radical (unpaired) electrons. The number of hydrogen-bond donors (Lipinski definition) is 3. The lowest BCUT2D eigenvalue weighted by molar-refractivity contribution is -0.138. The van der Waals surface area contributed by atoms with Crippen molar-refractivity contribution in [2.45, 2.75) is 37.4 Å². The molecule has 0 aliphatic heterocycles. The highest BCUT2D eigenvalue weighted by Gasteiger charge is 2.32. The Morgan fingerprint density at radius 2 is 2.05 bits per heavy atom. The van der Waals surface area contributed by atoms with Crippen LogP contribution in [0.4, 0.5) is 13.2 Å². The molecule has 20 heavy (non-hydrogen) atoms. The van der Waals surface area contributed by atoms with Crippen LogP contribution >= 0.6 is 0 Å². The second kappa shape index (κ2) is 5.40. The van der Waals surface area contributed by atoms with Crippen molar-refractivity contribution in [2.24, 2.45) is 5.14 Å². The van der Waals surface area contributed by atoms with Crippen LogP contribution in [0.5, 0.6) is 0 Å². The molecule has 1 aromatic rings. The lowest BCUT2D eigenvalue weighted by atomic mass is 10.2. The molecule has 0 spiro atoms. The third-order valence-corrected chi connectivity index (χ3v) is 3.37. The fourth-order valence-corrected chi connectivity index (χ4v) is 2.49. The molecule has 1 heterocycles. The van der Waals surface area contributed by atoms with Crippen molar-refractivity contribution in [3.63, 3.8) is 0 Å². The van der Waals surface area contributed by atoms with E-state index in [0.717, 1.165) is 6.92 Å². The second-order valence-corrected chi connectivity index (χ2v) is 5.76. The summed E-state index contributed by atoms with van der Waals surface area (Å²) < 4.78 is 59.1. The highest BCUT2D eigenvalue weighted by molar-refractivity contribution is 7.89. The van der Waals surface area contributed by atoms with E-state index in [1.54, 1.807) is 0 Å². The minimum Gasteiger partial charge on any atom is -0.348 e. The Hall–Kier alpha value is -1.62. The van der Waals surface area contributed by atoms with E-state index in [1.165, 1.54) is 6.92 Å². The number of halogens is 3. The fourth-order valence-electron chi connectivity index (χ4n) is 1.61. The van der Waals surface area contributed by atoms with Crippen LogP contribution in [0.3, 0.4) is 0 Å². The van der Waals surface area contributed by atoms with Crippen LogP contribution in [0, 0.1) is 6.92 Å². The van der Waals surface area contributed by atoms with Gasteiger partial charge in [0.2, 0.25) is 10.0 Å². The van der Waals surface area contributed by atoms with Gasteiger partial charge in [-0.15, -0.1) is 0 Å². The van der Waals surface area contributed by atoms with Gasteiger partial charge in [-0.1, -0.05) is 0 Å². The van der Waals surface area contributed by atoms with E-state index in [-0.39, 0.29) is 5.69 Å². The van der Waals surface area contributed by atoms with Crippen LogP contribution in [-0.2, 0) is 10.0 Å². The average Bonchev–Trinajstić information content (AvgIpc) is 2.55. The molecule has 4 N–H and O–H groups in total. The number of rotatable bonds is 4. The number of sulfonamides is 1. The molecule has 11 heteroatoms. The molecule has 1 rings (SSSR count). The Bertz CT molecular complexity index is 608. The van der Waals surface area contributed by atoms with Crippen LogP contribution in [0.25, 0.3) is 0 Å². The maximum atomic E-state index is 12.1. The molecule has 0 aliphatic carbocycles. The molecular formula is C9H13F3N4O3S. The summed E-state index contributed by atoms with van der Waals surface area (Å²) in [5.41, 5.74) is -0.528. The van der Waals surface area contributed by atoms with Crippen LogP contribution in [0.1, 0.15) is 29.5 Å². The van der Waals surface area contributed by atoms with E-state index in [0.29, 0.717) is 0 Å². The fraction of sp³-hybridized carbons (Fsp3) is 0.556. The Kier molecular flexibility index (Phi) is 4.44. The molecule has 7 nitrogen and oxygen atoms in total. The number of aromatic nitrogens is 2. The van der Waals surface area contributed by atoms with Crippen molar-refractivity contribution in [1.82, 2.24) is 15.5 Å². The largest absolute Gasteiger partial charge is 0.391 e. The Balaban J connectivity index is 2.95. The van der Waals surface area contributed by atoms with Crippen LogP contribution in [0.15, 0.2) is 4.90 Å². The van der Waals surface area contributed by atoms with Crippen LogP contribution < -0.4 is 10.5 Å². The van der Waals surface area contributed by atoms with Crippen molar-refractivity contribution in [1.29, 1.82) is 0 Å². The van der Waals surface area contributed by atoms with Gasteiger partial charge in [0.1, 0.15) is 4.90 Å². The normalized spacial score (nSPS) is 14.1. The number of H-pyrrole nitrogens is 1. The summed E-state index contributed by atoms with van der Waals surface area (Å²) in [5.74, 6) is -1.05. The van der Waals surface area contributed by atoms with Crippen molar-refractivity contribution in [3.05, 3.63) is 11.4 Å². The quantitative estimate of drug-likeness (QED) is 0.747. The first-order valence-electron chi connectivity index (χ1n) is 5.37. The zero-order valence-electron chi connectivity index (χ0n) is 10.6. The maximum Gasteiger partial charge on any atom is 0.391 e. The number of carbonyl (C=O) groups is 1. The molecule has 0 bridgehead atoms. The molecule has 0 aliphatic rings. The van der Waals surface area contributed by atoms with E-state index < -0.39 is 45.2 Å². The lowest BCUT2D eigenvalue weighted by Gasteiger charge is -2.15. The number of aryl methyl sites for hydroxylation is 1. The number of hydrogen-bond acceptors (Lipinski definition) is 4. The third-order valence-electron chi connectivity index (χ3n) is 2.31.